The Kier molecular flexibility index (Phi) is 4.78. The molecule has 0 unspecified atom stereocenters. The highest BCUT2D eigenvalue weighted by Gasteiger charge is 2.16. The average Bonchev–Trinajstić information content (AvgIpc) is 2.82. The molecule has 4 heteroatoms. The molecule has 2 heterocycles. The Morgan fingerprint density at radius 1 is 1.19 bits per heavy atom. The molecule has 4 nitrogen and oxygen atoms in total. The van der Waals surface area contributed by atoms with E-state index in [4.69, 9.17) is 0 Å². The zero-order valence-corrected chi connectivity index (χ0v) is 10.3. The summed E-state index contributed by atoms with van der Waals surface area (Å²) in [5, 5.41) is 10.3. The van der Waals surface area contributed by atoms with E-state index >= 15 is 0 Å². The molecular weight excluding hydrogens is 200 g/mol. The summed E-state index contributed by atoms with van der Waals surface area (Å²) in [6.45, 7) is 10.1. The van der Waals surface area contributed by atoms with E-state index in [1.165, 1.54) is 13.1 Å². The molecule has 2 saturated heterocycles. The summed E-state index contributed by atoms with van der Waals surface area (Å²) < 4.78 is 0. The first-order valence-electron chi connectivity index (χ1n) is 6.42. The minimum atomic E-state index is 0.495. The third-order valence-corrected chi connectivity index (χ3v) is 3.42. The van der Waals surface area contributed by atoms with E-state index < -0.39 is 0 Å². The fraction of sp³-hybridized carbons (Fsp3) is 0.833. The Morgan fingerprint density at radius 2 is 1.88 bits per heavy atom. The summed E-state index contributed by atoms with van der Waals surface area (Å²) in [5.74, 6) is 0. The van der Waals surface area contributed by atoms with Crippen LogP contribution in [0.5, 0.6) is 0 Å². The van der Waals surface area contributed by atoms with Crippen LogP contribution >= 0.6 is 0 Å². The van der Waals surface area contributed by atoms with E-state index in [0.29, 0.717) is 6.17 Å². The van der Waals surface area contributed by atoms with Crippen molar-refractivity contribution in [2.75, 3.05) is 45.8 Å². The smallest absolute Gasteiger partial charge is 0.0611 e. The Balaban J connectivity index is 1.75. The Morgan fingerprint density at radius 3 is 2.50 bits per heavy atom. The molecule has 0 aliphatic carbocycles. The molecule has 2 fully saturated rings. The zero-order valence-electron chi connectivity index (χ0n) is 10.3. The van der Waals surface area contributed by atoms with Crippen LogP contribution < -0.4 is 16.0 Å². The van der Waals surface area contributed by atoms with Crippen molar-refractivity contribution >= 4 is 0 Å². The van der Waals surface area contributed by atoms with Crippen LogP contribution in [0, 0.1) is 0 Å². The van der Waals surface area contributed by atoms with Gasteiger partial charge in [-0.2, -0.15) is 0 Å². The highest BCUT2D eigenvalue weighted by molar-refractivity contribution is 5.06. The highest BCUT2D eigenvalue weighted by atomic mass is 15.2. The van der Waals surface area contributed by atoms with Crippen molar-refractivity contribution in [1.29, 1.82) is 0 Å². The predicted octanol–water partition coefficient (Wildman–Crippen LogP) is -0.253. The van der Waals surface area contributed by atoms with Crippen molar-refractivity contribution in [3.05, 3.63) is 11.6 Å². The Hall–Kier alpha value is -0.420. The second-order valence-corrected chi connectivity index (χ2v) is 4.64. The molecule has 0 spiro atoms. The average molecular weight is 224 g/mol. The van der Waals surface area contributed by atoms with Crippen molar-refractivity contribution in [2.45, 2.75) is 19.5 Å². The van der Waals surface area contributed by atoms with Crippen molar-refractivity contribution in [2.24, 2.45) is 0 Å². The monoisotopic (exact) mass is 224 g/mol. The lowest BCUT2D eigenvalue weighted by molar-refractivity contribution is 0.256. The third-order valence-electron chi connectivity index (χ3n) is 3.42. The standard InChI is InChI=1S/C12H24N4/c1-2-11(9-12-14-3-4-15-12)10-16-7-5-13-6-8-16/h2,12-15H,3-10H2,1H3. The largest absolute Gasteiger partial charge is 0.314 e. The highest BCUT2D eigenvalue weighted by Crippen LogP contribution is 2.09. The fourth-order valence-electron chi connectivity index (χ4n) is 2.40. The van der Waals surface area contributed by atoms with Gasteiger partial charge in [0.05, 0.1) is 6.17 Å². The quantitative estimate of drug-likeness (QED) is 0.576. The molecule has 3 N–H and O–H groups in total. The molecule has 0 aromatic carbocycles. The first kappa shape index (κ1) is 12.0. The van der Waals surface area contributed by atoms with E-state index in [0.717, 1.165) is 39.1 Å². The molecule has 0 saturated carbocycles. The lowest BCUT2D eigenvalue weighted by Crippen LogP contribution is -2.44. The third kappa shape index (κ3) is 3.56. The van der Waals surface area contributed by atoms with Crippen LogP contribution in [0.25, 0.3) is 0 Å². The summed E-state index contributed by atoms with van der Waals surface area (Å²) in [6, 6.07) is 0. The van der Waals surface area contributed by atoms with Gasteiger partial charge in [-0.25, -0.2) is 0 Å². The predicted molar refractivity (Wildman–Crippen MR) is 67.5 cm³/mol. The van der Waals surface area contributed by atoms with Crippen LogP contribution in [0.15, 0.2) is 11.6 Å². The minimum absolute atomic E-state index is 0.495. The van der Waals surface area contributed by atoms with Crippen molar-refractivity contribution in [3.8, 4) is 0 Å². The molecule has 2 aliphatic heterocycles. The van der Waals surface area contributed by atoms with Crippen molar-refractivity contribution in [1.82, 2.24) is 20.9 Å². The topological polar surface area (TPSA) is 39.3 Å². The Labute approximate surface area is 98.5 Å². The van der Waals surface area contributed by atoms with E-state index in [1.54, 1.807) is 5.57 Å². The molecule has 2 aliphatic rings. The van der Waals surface area contributed by atoms with E-state index in [9.17, 15) is 0 Å². The molecule has 0 atom stereocenters. The lowest BCUT2D eigenvalue weighted by atomic mass is 10.1. The second kappa shape index (κ2) is 6.35. The summed E-state index contributed by atoms with van der Waals surface area (Å²) in [7, 11) is 0. The molecule has 0 radical (unpaired) electrons. The van der Waals surface area contributed by atoms with Crippen LogP contribution in [0.1, 0.15) is 13.3 Å². The molecule has 0 aromatic rings. The number of nitrogens with zero attached hydrogens (tertiary/aromatic N) is 1. The van der Waals surface area contributed by atoms with Crippen LogP contribution in [-0.4, -0.2) is 56.9 Å². The van der Waals surface area contributed by atoms with Gasteiger partial charge in [0, 0.05) is 45.8 Å². The maximum atomic E-state index is 3.48. The second-order valence-electron chi connectivity index (χ2n) is 4.64. The molecule has 2 rings (SSSR count). The van der Waals surface area contributed by atoms with Crippen LogP contribution in [-0.2, 0) is 0 Å². The zero-order chi connectivity index (χ0) is 11.2. The molecule has 92 valence electrons. The van der Waals surface area contributed by atoms with Crippen LogP contribution in [0.3, 0.4) is 0 Å². The lowest BCUT2D eigenvalue weighted by Gasteiger charge is -2.28. The van der Waals surface area contributed by atoms with Gasteiger partial charge in [0.2, 0.25) is 0 Å². The van der Waals surface area contributed by atoms with Crippen molar-refractivity contribution < 1.29 is 0 Å². The van der Waals surface area contributed by atoms with Crippen LogP contribution in [0.4, 0.5) is 0 Å². The van der Waals surface area contributed by atoms with E-state index in [2.05, 4.69) is 33.9 Å². The number of piperazine rings is 1. The van der Waals surface area contributed by atoms with Gasteiger partial charge in [-0.3, -0.25) is 4.90 Å². The van der Waals surface area contributed by atoms with Gasteiger partial charge in [-0.1, -0.05) is 11.6 Å². The number of allylic oxidation sites excluding steroid dienone is 1. The minimum Gasteiger partial charge on any atom is -0.314 e. The number of nitrogens with one attached hydrogen (secondary N) is 3. The van der Waals surface area contributed by atoms with Gasteiger partial charge in [0.25, 0.3) is 0 Å². The molecule has 0 amide bonds. The van der Waals surface area contributed by atoms with Gasteiger partial charge in [0.1, 0.15) is 0 Å². The van der Waals surface area contributed by atoms with Gasteiger partial charge in [-0.15, -0.1) is 0 Å². The molecule has 0 bridgehead atoms. The first-order valence-corrected chi connectivity index (χ1v) is 6.42. The Bertz CT molecular complexity index is 227. The number of hydrogen-bond acceptors (Lipinski definition) is 4. The number of hydrogen-bond donors (Lipinski definition) is 3. The summed E-state index contributed by atoms with van der Waals surface area (Å²) in [5.41, 5.74) is 1.55. The maximum Gasteiger partial charge on any atom is 0.0611 e. The number of rotatable bonds is 4. The van der Waals surface area contributed by atoms with E-state index in [1.807, 2.05) is 0 Å². The van der Waals surface area contributed by atoms with Gasteiger partial charge >= 0.3 is 0 Å². The summed E-state index contributed by atoms with van der Waals surface area (Å²) >= 11 is 0. The maximum absolute atomic E-state index is 3.48. The molecule has 0 aromatic heterocycles. The summed E-state index contributed by atoms with van der Waals surface area (Å²) in [4.78, 5) is 2.54. The summed E-state index contributed by atoms with van der Waals surface area (Å²) in [6.07, 6.45) is 3.92. The fourth-order valence-corrected chi connectivity index (χ4v) is 2.40. The van der Waals surface area contributed by atoms with E-state index in [-0.39, 0.29) is 0 Å². The van der Waals surface area contributed by atoms with Crippen LogP contribution in [0.2, 0.25) is 0 Å². The molecular formula is C12H24N4. The van der Waals surface area contributed by atoms with Gasteiger partial charge in [0.15, 0.2) is 0 Å². The van der Waals surface area contributed by atoms with Crippen molar-refractivity contribution in [3.63, 3.8) is 0 Å². The molecule has 16 heavy (non-hydrogen) atoms. The normalized spacial score (nSPS) is 25.2. The first-order chi connectivity index (χ1) is 7.88. The van der Waals surface area contributed by atoms with Gasteiger partial charge in [-0.05, 0) is 13.3 Å². The van der Waals surface area contributed by atoms with Gasteiger partial charge < -0.3 is 16.0 Å². The SMILES string of the molecule is CC=C(CC1NCCN1)CN1CCNCC1.